The quantitative estimate of drug-likeness (QED) is 0.126. The van der Waals surface area contributed by atoms with E-state index in [1.165, 1.54) is 0 Å². The van der Waals surface area contributed by atoms with Crippen molar-refractivity contribution < 1.29 is 19.1 Å². The molecular formula is C37H38N2O4. The minimum Gasteiger partial charge on any atom is -0.462 e. The highest BCUT2D eigenvalue weighted by atomic mass is 16.5. The second-order valence-electron chi connectivity index (χ2n) is 9.50. The summed E-state index contributed by atoms with van der Waals surface area (Å²) in [7, 11) is 0. The lowest BCUT2D eigenvalue weighted by Gasteiger charge is -2.04. The van der Waals surface area contributed by atoms with Crippen LogP contribution < -0.4 is 5.73 Å². The Morgan fingerprint density at radius 2 is 1.33 bits per heavy atom. The predicted molar refractivity (Wildman–Crippen MR) is 175 cm³/mol. The number of fused-ring (bicyclic) bond motifs is 1. The van der Waals surface area contributed by atoms with Crippen LogP contribution in [0, 0.1) is 25.7 Å². The lowest BCUT2D eigenvalue weighted by molar-refractivity contribution is 0.0517. The van der Waals surface area contributed by atoms with Crippen LogP contribution >= 0.6 is 0 Å². The van der Waals surface area contributed by atoms with Crippen molar-refractivity contribution in [3.63, 3.8) is 0 Å². The summed E-state index contributed by atoms with van der Waals surface area (Å²) in [4.78, 5) is 26.5. The van der Waals surface area contributed by atoms with Gasteiger partial charge in [0, 0.05) is 27.8 Å². The molecule has 0 unspecified atom stereocenters. The second-order valence-corrected chi connectivity index (χ2v) is 9.50. The molecule has 1 heterocycles. The van der Waals surface area contributed by atoms with Gasteiger partial charge in [0.2, 0.25) is 0 Å². The number of nitrogen functional groups attached to an aromatic ring is 1. The van der Waals surface area contributed by atoms with Gasteiger partial charge in [-0.05, 0) is 99.8 Å². The Labute approximate surface area is 253 Å². The zero-order valence-corrected chi connectivity index (χ0v) is 25.4. The molecule has 0 aliphatic carbocycles. The summed E-state index contributed by atoms with van der Waals surface area (Å²) in [6.45, 7) is 10.1. The number of carbonyl (C=O) groups excluding carboxylic acids is 2. The van der Waals surface area contributed by atoms with E-state index in [1.807, 2.05) is 81.4 Å². The van der Waals surface area contributed by atoms with Crippen LogP contribution in [0.15, 0.2) is 97.1 Å². The minimum atomic E-state index is -0.300. The van der Waals surface area contributed by atoms with Crippen LogP contribution in [0.25, 0.3) is 22.2 Å². The van der Waals surface area contributed by atoms with Crippen LogP contribution in [-0.4, -0.2) is 30.1 Å². The van der Waals surface area contributed by atoms with Crippen molar-refractivity contribution in [2.75, 3.05) is 18.9 Å². The van der Waals surface area contributed by atoms with E-state index in [2.05, 4.69) is 35.9 Å². The SMILES string of the molecule is CC#Cc1ccccc1.CCOC(=O)c1ccc(N)c(C)c1.CCOC(=O)c1ccc2[nH]c(-c3ccccc3)c(C)c2c1. The van der Waals surface area contributed by atoms with Crippen molar-refractivity contribution >= 4 is 28.5 Å². The fourth-order valence-corrected chi connectivity index (χ4v) is 4.24. The van der Waals surface area contributed by atoms with Crippen molar-refractivity contribution in [1.82, 2.24) is 4.98 Å². The molecule has 3 N–H and O–H groups in total. The maximum absolute atomic E-state index is 11.8. The highest BCUT2D eigenvalue weighted by Gasteiger charge is 2.13. The third kappa shape index (κ3) is 9.11. The summed E-state index contributed by atoms with van der Waals surface area (Å²) < 4.78 is 9.90. The first kappa shape index (κ1) is 32.2. The van der Waals surface area contributed by atoms with Crippen LogP contribution in [0.1, 0.15) is 58.2 Å². The largest absolute Gasteiger partial charge is 0.462 e. The molecule has 5 rings (SSSR count). The number of nitrogens with one attached hydrogen (secondary N) is 1. The number of esters is 2. The van der Waals surface area contributed by atoms with E-state index in [0.29, 0.717) is 30.0 Å². The Hall–Kier alpha value is -5.28. The van der Waals surface area contributed by atoms with Crippen LogP contribution in [-0.2, 0) is 9.47 Å². The molecule has 0 atom stereocenters. The smallest absolute Gasteiger partial charge is 0.338 e. The molecule has 6 heteroatoms. The van der Waals surface area contributed by atoms with Gasteiger partial charge in [-0.25, -0.2) is 9.59 Å². The van der Waals surface area contributed by atoms with E-state index in [-0.39, 0.29) is 11.9 Å². The Kier molecular flexibility index (Phi) is 12.2. The number of H-pyrrole nitrogens is 1. The van der Waals surface area contributed by atoms with Crippen molar-refractivity contribution in [2.24, 2.45) is 0 Å². The number of rotatable bonds is 5. The van der Waals surface area contributed by atoms with E-state index in [1.54, 1.807) is 31.2 Å². The van der Waals surface area contributed by atoms with Gasteiger partial charge in [-0.3, -0.25) is 0 Å². The van der Waals surface area contributed by atoms with Crippen LogP contribution in [0.3, 0.4) is 0 Å². The van der Waals surface area contributed by atoms with Crippen molar-refractivity contribution in [3.05, 3.63) is 125 Å². The molecule has 220 valence electrons. The Balaban J connectivity index is 0.000000196. The van der Waals surface area contributed by atoms with Crippen LogP contribution in [0.2, 0.25) is 0 Å². The first-order valence-corrected chi connectivity index (χ1v) is 14.1. The maximum Gasteiger partial charge on any atom is 0.338 e. The molecule has 0 spiro atoms. The maximum atomic E-state index is 11.8. The summed E-state index contributed by atoms with van der Waals surface area (Å²) in [5.41, 5.74) is 13.8. The van der Waals surface area contributed by atoms with E-state index in [0.717, 1.165) is 38.9 Å². The van der Waals surface area contributed by atoms with Gasteiger partial charge in [0.1, 0.15) is 0 Å². The highest BCUT2D eigenvalue weighted by molar-refractivity contribution is 5.98. The topological polar surface area (TPSA) is 94.4 Å². The van der Waals surface area contributed by atoms with Gasteiger partial charge in [0.25, 0.3) is 0 Å². The van der Waals surface area contributed by atoms with Crippen LogP contribution in [0.5, 0.6) is 0 Å². The average Bonchev–Trinajstić information content (AvgIpc) is 3.36. The summed E-state index contributed by atoms with van der Waals surface area (Å²) >= 11 is 0. The molecule has 0 fully saturated rings. The summed E-state index contributed by atoms with van der Waals surface area (Å²) in [6, 6.07) is 30.9. The van der Waals surface area contributed by atoms with E-state index < -0.39 is 0 Å². The van der Waals surface area contributed by atoms with E-state index in [4.69, 9.17) is 15.2 Å². The van der Waals surface area contributed by atoms with Crippen molar-refractivity contribution in [2.45, 2.75) is 34.6 Å². The summed E-state index contributed by atoms with van der Waals surface area (Å²) in [6.07, 6.45) is 0. The number of aryl methyl sites for hydroxylation is 2. The number of ether oxygens (including phenoxy) is 2. The first-order chi connectivity index (χ1) is 20.8. The molecule has 0 saturated carbocycles. The zero-order valence-electron chi connectivity index (χ0n) is 25.4. The minimum absolute atomic E-state index is 0.277. The molecule has 1 aromatic heterocycles. The highest BCUT2D eigenvalue weighted by Crippen LogP contribution is 2.30. The molecule has 0 aliphatic rings. The average molecular weight is 575 g/mol. The molecule has 6 nitrogen and oxygen atoms in total. The van der Waals surface area contributed by atoms with Gasteiger partial charge >= 0.3 is 11.9 Å². The second kappa shape index (κ2) is 16.2. The molecule has 5 aromatic rings. The van der Waals surface area contributed by atoms with Gasteiger partial charge in [-0.15, -0.1) is 5.92 Å². The summed E-state index contributed by atoms with van der Waals surface area (Å²) in [5, 5.41) is 1.06. The van der Waals surface area contributed by atoms with Crippen LogP contribution in [0.4, 0.5) is 5.69 Å². The lowest BCUT2D eigenvalue weighted by Crippen LogP contribution is -2.05. The number of carbonyl (C=O) groups is 2. The van der Waals surface area contributed by atoms with Gasteiger partial charge < -0.3 is 20.2 Å². The molecule has 0 radical (unpaired) electrons. The Morgan fingerprint density at radius 3 is 1.88 bits per heavy atom. The third-order valence-corrected chi connectivity index (χ3v) is 6.46. The Morgan fingerprint density at radius 1 is 0.767 bits per heavy atom. The number of hydrogen-bond acceptors (Lipinski definition) is 5. The lowest BCUT2D eigenvalue weighted by atomic mass is 10.1. The number of hydrogen-bond donors (Lipinski definition) is 2. The predicted octanol–water partition coefficient (Wildman–Crippen LogP) is 8.13. The standard InChI is InChI=1S/C18H17NO2.C10H13NO2.C9H8/c1-3-21-18(20)14-9-10-16-15(11-14)12(2)17(19-16)13-7-5-4-6-8-13;1-3-13-10(12)8-4-5-9(11)7(2)6-8;1-2-6-9-7-4-3-5-8-9/h4-11,19H,3H2,1-2H3;4-6H,3,11H2,1-2H3;3-5,7-8H,1H3. The molecular weight excluding hydrogens is 536 g/mol. The number of aromatic amines is 1. The fraction of sp³-hybridized carbons (Fsp3) is 0.189. The third-order valence-electron chi connectivity index (χ3n) is 6.46. The zero-order chi connectivity index (χ0) is 31.2. The van der Waals surface area contributed by atoms with Gasteiger partial charge in [-0.1, -0.05) is 54.5 Å². The molecule has 0 aliphatic heterocycles. The number of anilines is 1. The monoisotopic (exact) mass is 574 g/mol. The van der Waals surface area contributed by atoms with Crippen molar-refractivity contribution in [1.29, 1.82) is 0 Å². The van der Waals surface area contributed by atoms with E-state index in [9.17, 15) is 9.59 Å². The van der Waals surface area contributed by atoms with E-state index >= 15 is 0 Å². The van der Waals surface area contributed by atoms with Gasteiger partial charge in [0.15, 0.2) is 0 Å². The number of aromatic nitrogens is 1. The summed E-state index contributed by atoms with van der Waals surface area (Å²) in [5.74, 6) is 5.21. The number of benzene rings is 4. The fourth-order valence-electron chi connectivity index (χ4n) is 4.24. The number of nitrogens with two attached hydrogens (primary N) is 1. The molecule has 43 heavy (non-hydrogen) atoms. The first-order valence-electron chi connectivity index (χ1n) is 14.1. The van der Waals surface area contributed by atoms with Gasteiger partial charge in [0.05, 0.1) is 24.3 Å². The molecule has 0 saturated heterocycles. The Bertz CT molecular complexity index is 1710. The molecule has 4 aromatic carbocycles. The normalized spacial score (nSPS) is 9.79. The van der Waals surface area contributed by atoms with Gasteiger partial charge in [-0.2, -0.15) is 0 Å². The molecule has 0 amide bonds. The molecule has 0 bridgehead atoms. The van der Waals surface area contributed by atoms with Crippen molar-refractivity contribution in [3.8, 4) is 23.1 Å².